The van der Waals surface area contributed by atoms with Gasteiger partial charge in [0.2, 0.25) is 5.91 Å². The summed E-state index contributed by atoms with van der Waals surface area (Å²) in [7, 11) is 0. The molecule has 0 bridgehead atoms. The number of rotatable bonds is 6. The van der Waals surface area contributed by atoms with Crippen LogP contribution >= 0.6 is 0 Å². The summed E-state index contributed by atoms with van der Waals surface area (Å²) in [6.07, 6.45) is 2.24. The van der Waals surface area contributed by atoms with Gasteiger partial charge in [0, 0.05) is 37.7 Å². The second-order valence-electron chi connectivity index (χ2n) is 8.85. The molecular formula is C21H33FN6O2. The topological polar surface area (TPSA) is 82.6 Å². The largest absolute Gasteiger partial charge is 0.373 e. The van der Waals surface area contributed by atoms with Gasteiger partial charge in [0.05, 0.1) is 30.5 Å². The van der Waals surface area contributed by atoms with E-state index in [0.29, 0.717) is 25.9 Å². The lowest BCUT2D eigenvalue weighted by atomic mass is 9.78. The number of aromatic nitrogens is 2. The third kappa shape index (κ3) is 4.43. The van der Waals surface area contributed by atoms with E-state index in [1.807, 2.05) is 29.7 Å². The molecule has 8 nitrogen and oxygen atoms in total. The standard InChI is InChI=1S/C21H33FN6O2/c1-4-5-27-6-7-28(11-20(27)29)19-10-17(23-12-24-19)21-14-8-18(30-13(2)3)15(22)9-16(14)25-26-21/h10,12-16,18,21,25-26H,4-9,11H2,1-3H3. The van der Waals surface area contributed by atoms with Gasteiger partial charge in [-0.05, 0) is 33.1 Å². The van der Waals surface area contributed by atoms with Gasteiger partial charge >= 0.3 is 0 Å². The van der Waals surface area contributed by atoms with E-state index >= 15 is 0 Å². The van der Waals surface area contributed by atoms with Crippen LogP contribution in [0.5, 0.6) is 0 Å². The second kappa shape index (κ2) is 9.11. The Hall–Kier alpha value is -1.84. The molecule has 3 aliphatic rings. The van der Waals surface area contributed by atoms with Crippen LogP contribution in [0.25, 0.3) is 0 Å². The summed E-state index contributed by atoms with van der Waals surface area (Å²) in [4.78, 5) is 25.3. The van der Waals surface area contributed by atoms with Gasteiger partial charge in [-0.25, -0.2) is 19.8 Å². The Balaban J connectivity index is 1.47. The molecule has 3 heterocycles. The molecule has 1 aliphatic carbocycles. The lowest BCUT2D eigenvalue weighted by Crippen LogP contribution is -2.50. The SMILES string of the molecule is CCCN1CCN(c2cc(C3NNC4CC(F)C(OC(C)C)CC43)ncn2)CC1=O. The third-order valence-corrected chi connectivity index (χ3v) is 6.33. The van der Waals surface area contributed by atoms with Crippen molar-refractivity contribution in [3.05, 3.63) is 18.1 Å². The molecule has 2 saturated heterocycles. The molecule has 1 aromatic rings. The van der Waals surface area contributed by atoms with Crippen molar-refractivity contribution in [1.82, 2.24) is 25.7 Å². The fourth-order valence-electron chi connectivity index (χ4n) is 4.89. The molecule has 2 aliphatic heterocycles. The lowest BCUT2D eigenvalue weighted by molar-refractivity contribution is -0.131. The van der Waals surface area contributed by atoms with Gasteiger partial charge in [0.1, 0.15) is 18.3 Å². The number of hydrazine groups is 1. The molecule has 9 heteroatoms. The Bertz CT molecular complexity index is 750. The van der Waals surface area contributed by atoms with Crippen LogP contribution in [-0.4, -0.2) is 71.4 Å². The second-order valence-corrected chi connectivity index (χ2v) is 8.85. The molecule has 0 aromatic carbocycles. The fraction of sp³-hybridized carbons (Fsp3) is 0.762. The van der Waals surface area contributed by atoms with Crippen LogP contribution in [0.2, 0.25) is 0 Å². The molecule has 2 N–H and O–H groups in total. The van der Waals surface area contributed by atoms with Gasteiger partial charge in [-0.15, -0.1) is 0 Å². The van der Waals surface area contributed by atoms with E-state index in [1.165, 1.54) is 0 Å². The number of carbonyl (C=O) groups excluding carboxylic acids is 1. The zero-order valence-corrected chi connectivity index (χ0v) is 18.1. The molecule has 0 spiro atoms. The van der Waals surface area contributed by atoms with Crippen LogP contribution in [0.4, 0.5) is 10.2 Å². The average molecular weight is 421 g/mol. The van der Waals surface area contributed by atoms with Gasteiger partial charge in [-0.2, -0.15) is 0 Å². The van der Waals surface area contributed by atoms with Gasteiger partial charge in [0.25, 0.3) is 0 Å². The average Bonchev–Trinajstić information content (AvgIpc) is 3.12. The number of piperazine rings is 1. The molecule has 0 radical (unpaired) electrons. The summed E-state index contributed by atoms with van der Waals surface area (Å²) in [6, 6.07) is 1.97. The molecule has 1 aromatic heterocycles. The highest BCUT2D eigenvalue weighted by Crippen LogP contribution is 2.40. The highest BCUT2D eigenvalue weighted by molar-refractivity contribution is 5.82. The number of hydrogen-bond acceptors (Lipinski definition) is 7. The van der Waals surface area contributed by atoms with Crippen molar-refractivity contribution in [3.63, 3.8) is 0 Å². The lowest BCUT2D eigenvalue weighted by Gasteiger charge is -2.36. The normalized spacial score (nSPS) is 32.0. The Morgan fingerprint density at radius 1 is 1.27 bits per heavy atom. The maximum atomic E-state index is 14.5. The van der Waals surface area contributed by atoms with Crippen LogP contribution < -0.4 is 15.8 Å². The minimum absolute atomic E-state index is 0.000127. The first-order chi connectivity index (χ1) is 14.5. The van der Waals surface area contributed by atoms with Gasteiger partial charge in [-0.3, -0.25) is 10.2 Å². The highest BCUT2D eigenvalue weighted by atomic mass is 19.1. The van der Waals surface area contributed by atoms with Crippen molar-refractivity contribution < 1.29 is 13.9 Å². The van der Waals surface area contributed by atoms with E-state index in [4.69, 9.17) is 4.74 Å². The Kier molecular flexibility index (Phi) is 6.50. The molecule has 1 saturated carbocycles. The first-order valence-corrected chi connectivity index (χ1v) is 11.1. The van der Waals surface area contributed by atoms with Crippen LogP contribution in [0, 0.1) is 5.92 Å². The fourth-order valence-corrected chi connectivity index (χ4v) is 4.89. The van der Waals surface area contributed by atoms with Gasteiger partial charge in [-0.1, -0.05) is 6.92 Å². The molecule has 5 unspecified atom stereocenters. The maximum absolute atomic E-state index is 14.5. The number of nitrogens with zero attached hydrogens (tertiary/aromatic N) is 4. The van der Waals surface area contributed by atoms with E-state index in [2.05, 4.69) is 27.7 Å². The molecule has 1 amide bonds. The van der Waals surface area contributed by atoms with Crippen LogP contribution in [0.15, 0.2) is 12.4 Å². The first kappa shape index (κ1) is 21.4. The summed E-state index contributed by atoms with van der Waals surface area (Å²) in [6.45, 7) is 8.59. The number of halogens is 1. The Labute approximate surface area is 177 Å². The number of amides is 1. The van der Waals surface area contributed by atoms with E-state index in [9.17, 15) is 9.18 Å². The van der Waals surface area contributed by atoms with Gasteiger partial charge in [0.15, 0.2) is 0 Å². The van der Waals surface area contributed by atoms with E-state index in [0.717, 1.165) is 31.0 Å². The summed E-state index contributed by atoms with van der Waals surface area (Å²) < 4.78 is 20.4. The number of hydrogen-bond donors (Lipinski definition) is 2. The van der Waals surface area contributed by atoms with Gasteiger partial charge < -0.3 is 14.5 Å². The summed E-state index contributed by atoms with van der Waals surface area (Å²) >= 11 is 0. The third-order valence-electron chi connectivity index (χ3n) is 6.33. The number of fused-ring (bicyclic) bond motifs is 1. The zero-order chi connectivity index (χ0) is 21.3. The van der Waals surface area contributed by atoms with Crippen LogP contribution in [0.3, 0.4) is 0 Å². The maximum Gasteiger partial charge on any atom is 0.242 e. The van der Waals surface area contributed by atoms with Crippen molar-refractivity contribution in [3.8, 4) is 0 Å². The summed E-state index contributed by atoms with van der Waals surface area (Å²) in [5, 5.41) is 0. The molecule has 4 rings (SSSR count). The summed E-state index contributed by atoms with van der Waals surface area (Å²) in [5.41, 5.74) is 7.44. The number of ether oxygens (including phenoxy) is 1. The van der Waals surface area contributed by atoms with E-state index in [1.54, 1.807) is 6.33 Å². The number of nitrogens with one attached hydrogen (secondary N) is 2. The van der Waals surface area contributed by atoms with Crippen molar-refractivity contribution in [2.45, 2.75) is 70.5 Å². The molecule has 5 atom stereocenters. The number of anilines is 1. The zero-order valence-electron chi connectivity index (χ0n) is 18.1. The monoisotopic (exact) mass is 420 g/mol. The van der Waals surface area contributed by atoms with E-state index < -0.39 is 6.17 Å². The molecule has 30 heavy (non-hydrogen) atoms. The Morgan fingerprint density at radius 2 is 2.10 bits per heavy atom. The smallest absolute Gasteiger partial charge is 0.242 e. The number of alkyl halides is 1. The minimum atomic E-state index is -0.965. The van der Waals surface area contributed by atoms with E-state index in [-0.39, 0.29) is 36.1 Å². The minimum Gasteiger partial charge on any atom is -0.373 e. The van der Waals surface area contributed by atoms with Crippen molar-refractivity contribution in [2.75, 3.05) is 31.1 Å². The van der Waals surface area contributed by atoms with Crippen LogP contribution in [-0.2, 0) is 9.53 Å². The van der Waals surface area contributed by atoms with Crippen molar-refractivity contribution >= 4 is 11.7 Å². The predicted molar refractivity (Wildman–Crippen MR) is 112 cm³/mol. The van der Waals surface area contributed by atoms with Crippen LogP contribution in [0.1, 0.15) is 51.8 Å². The molecule has 166 valence electrons. The predicted octanol–water partition coefficient (Wildman–Crippen LogP) is 1.59. The first-order valence-electron chi connectivity index (χ1n) is 11.1. The number of carbonyl (C=O) groups is 1. The summed E-state index contributed by atoms with van der Waals surface area (Å²) in [5.74, 6) is 1.09. The Morgan fingerprint density at radius 3 is 2.83 bits per heavy atom. The van der Waals surface area contributed by atoms with Crippen molar-refractivity contribution in [2.24, 2.45) is 5.92 Å². The highest BCUT2D eigenvalue weighted by Gasteiger charge is 2.46. The quantitative estimate of drug-likeness (QED) is 0.723. The van der Waals surface area contributed by atoms with Crippen molar-refractivity contribution in [1.29, 1.82) is 0 Å². The molecule has 3 fully saturated rings. The molecular weight excluding hydrogens is 387 g/mol.